The SMILES string of the molecule is CCOc1ccc(C(O)c2ccc(CC)o2)c(Br)c1. The smallest absolute Gasteiger partial charge is 0.138 e. The molecule has 19 heavy (non-hydrogen) atoms. The van der Waals surface area contributed by atoms with Crippen LogP contribution in [0, 0.1) is 0 Å². The molecular formula is C15H17BrO3. The van der Waals surface area contributed by atoms with Crippen molar-refractivity contribution in [1.29, 1.82) is 0 Å². The summed E-state index contributed by atoms with van der Waals surface area (Å²) in [6.07, 6.45) is 0.0438. The van der Waals surface area contributed by atoms with E-state index in [0.29, 0.717) is 12.4 Å². The van der Waals surface area contributed by atoms with Crippen LogP contribution in [0.2, 0.25) is 0 Å². The number of ether oxygens (including phenoxy) is 1. The second-order valence-corrected chi connectivity index (χ2v) is 5.03. The van der Waals surface area contributed by atoms with Gasteiger partial charge < -0.3 is 14.3 Å². The number of hydrogen-bond donors (Lipinski definition) is 1. The highest BCUT2D eigenvalue weighted by Gasteiger charge is 2.17. The van der Waals surface area contributed by atoms with Crippen molar-refractivity contribution < 1.29 is 14.3 Å². The lowest BCUT2D eigenvalue weighted by Gasteiger charge is -2.12. The highest BCUT2D eigenvalue weighted by Crippen LogP contribution is 2.32. The van der Waals surface area contributed by atoms with Gasteiger partial charge in [-0.05, 0) is 31.2 Å². The van der Waals surface area contributed by atoms with E-state index in [4.69, 9.17) is 9.15 Å². The molecule has 3 nitrogen and oxygen atoms in total. The quantitative estimate of drug-likeness (QED) is 0.900. The maximum absolute atomic E-state index is 10.3. The average Bonchev–Trinajstić information content (AvgIpc) is 2.87. The topological polar surface area (TPSA) is 42.6 Å². The van der Waals surface area contributed by atoms with E-state index in [2.05, 4.69) is 15.9 Å². The highest BCUT2D eigenvalue weighted by molar-refractivity contribution is 9.10. The molecule has 102 valence electrons. The summed E-state index contributed by atoms with van der Waals surface area (Å²) in [5.74, 6) is 2.21. The monoisotopic (exact) mass is 324 g/mol. The minimum Gasteiger partial charge on any atom is -0.494 e. The van der Waals surface area contributed by atoms with Gasteiger partial charge in [-0.1, -0.05) is 28.9 Å². The summed E-state index contributed by atoms with van der Waals surface area (Å²) in [6.45, 7) is 4.57. The van der Waals surface area contributed by atoms with Crippen molar-refractivity contribution in [1.82, 2.24) is 0 Å². The van der Waals surface area contributed by atoms with Crippen LogP contribution in [0.3, 0.4) is 0 Å². The van der Waals surface area contributed by atoms with E-state index in [1.165, 1.54) is 0 Å². The van der Waals surface area contributed by atoms with Gasteiger partial charge in [-0.2, -0.15) is 0 Å². The van der Waals surface area contributed by atoms with E-state index < -0.39 is 6.10 Å². The normalized spacial score (nSPS) is 12.4. The zero-order valence-electron chi connectivity index (χ0n) is 11.0. The molecule has 2 aromatic rings. The first-order valence-electron chi connectivity index (χ1n) is 6.34. The second kappa shape index (κ2) is 6.26. The molecule has 1 atom stereocenters. The molecule has 1 heterocycles. The molecule has 1 aromatic heterocycles. The highest BCUT2D eigenvalue weighted by atomic mass is 79.9. The van der Waals surface area contributed by atoms with Crippen molar-refractivity contribution in [3.63, 3.8) is 0 Å². The summed E-state index contributed by atoms with van der Waals surface area (Å²) in [4.78, 5) is 0. The Morgan fingerprint density at radius 3 is 2.63 bits per heavy atom. The first-order chi connectivity index (χ1) is 9.15. The van der Waals surface area contributed by atoms with E-state index >= 15 is 0 Å². The fraction of sp³-hybridized carbons (Fsp3) is 0.333. The van der Waals surface area contributed by atoms with Gasteiger partial charge in [-0.25, -0.2) is 0 Å². The lowest BCUT2D eigenvalue weighted by atomic mass is 10.1. The molecule has 0 aliphatic carbocycles. The van der Waals surface area contributed by atoms with Crippen LogP contribution in [0.4, 0.5) is 0 Å². The zero-order chi connectivity index (χ0) is 13.8. The van der Waals surface area contributed by atoms with Crippen molar-refractivity contribution in [2.45, 2.75) is 26.4 Å². The maximum atomic E-state index is 10.3. The van der Waals surface area contributed by atoms with Crippen LogP contribution in [0.1, 0.15) is 37.0 Å². The molecule has 0 fully saturated rings. The van der Waals surface area contributed by atoms with Gasteiger partial charge in [0.05, 0.1) is 6.61 Å². The Hall–Kier alpha value is -1.26. The number of rotatable bonds is 5. The van der Waals surface area contributed by atoms with Gasteiger partial charge in [0, 0.05) is 16.5 Å². The van der Waals surface area contributed by atoms with Crippen LogP contribution in [0.5, 0.6) is 5.75 Å². The summed E-state index contributed by atoms with van der Waals surface area (Å²) in [5.41, 5.74) is 0.764. The van der Waals surface area contributed by atoms with Crippen molar-refractivity contribution >= 4 is 15.9 Å². The van der Waals surface area contributed by atoms with Gasteiger partial charge in [0.1, 0.15) is 23.4 Å². The lowest BCUT2D eigenvalue weighted by molar-refractivity contribution is 0.186. The van der Waals surface area contributed by atoms with E-state index in [0.717, 1.165) is 28.0 Å². The molecule has 0 aliphatic heterocycles. The number of furan rings is 1. The van der Waals surface area contributed by atoms with E-state index in [-0.39, 0.29) is 0 Å². The Kier molecular flexibility index (Phi) is 4.66. The second-order valence-electron chi connectivity index (χ2n) is 4.18. The molecule has 0 saturated carbocycles. The summed E-state index contributed by atoms with van der Waals surface area (Å²) < 4.78 is 11.8. The van der Waals surface area contributed by atoms with Crippen LogP contribution >= 0.6 is 15.9 Å². The largest absolute Gasteiger partial charge is 0.494 e. The predicted molar refractivity (Wildman–Crippen MR) is 77.5 cm³/mol. The van der Waals surface area contributed by atoms with Gasteiger partial charge in [0.2, 0.25) is 0 Å². The van der Waals surface area contributed by atoms with Crippen molar-refractivity contribution in [2.75, 3.05) is 6.61 Å². The first kappa shape index (κ1) is 14.2. The number of hydrogen-bond acceptors (Lipinski definition) is 3. The molecular weight excluding hydrogens is 308 g/mol. The number of benzene rings is 1. The molecule has 0 spiro atoms. The molecule has 2 rings (SSSR count). The fourth-order valence-electron chi connectivity index (χ4n) is 1.87. The summed E-state index contributed by atoms with van der Waals surface area (Å²) in [6, 6.07) is 9.24. The van der Waals surface area contributed by atoms with Gasteiger partial charge >= 0.3 is 0 Å². The van der Waals surface area contributed by atoms with Gasteiger partial charge in [0.25, 0.3) is 0 Å². The van der Waals surface area contributed by atoms with E-state index in [9.17, 15) is 5.11 Å². The number of aryl methyl sites for hydroxylation is 1. The Labute approximate surface area is 121 Å². The summed E-state index contributed by atoms with van der Waals surface area (Å²) in [7, 11) is 0. The minimum atomic E-state index is -0.773. The first-order valence-corrected chi connectivity index (χ1v) is 7.14. The Bertz CT molecular complexity index is 548. The third-order valence-corrected chi connectivity index (χ3v) is 3.56. The van der Waals surface area contributed by atoms with Crippen LogP contribution in [-0.2, 0) is 6.42 Å². The molecule has 1 N–H and O–H groups in total. The van der Waals surface area contributed by atoms with Crippen LogP contribution in [-0.4, -0.2) is 11.7 Å². The molecule has 0 amide bonds. The lowest BCUT2D eigenvalue weighted by Crippen LogP contribution is -2.00. The zero-order valence-corrected chi connectivity index (χ0v) is 12.6. The number of aliphatic hydroxyl groups is 1. The fourth-order valence-corrected chi connectivity index (χ4v) is 2.45. The third kappa shape index (κ3) is 3.19. The van der Waals surface area contributed by atoms with Crippen LogP contribution < -0.4 is 4.74 Å². The predicted octanol–water partition coefficient (Wildman–Crippen LogP) is 4.08. The molecule has 1 unspecified atom stereocenters. The van der Waals surface area contributed by atoms with Crippen LogP contribution in [0.25, 0.3) is 0 Å². The Morgan fingerprint density at radius 2 is 2.05 bits per heavy atom. The Morgan fingerprint density at radius 1 is 1.26 bits per heavy atom. The number of halogens is 1. The molecule has 0 radical (unpaired) electrons. The molecule has 0 saturated heterocycles. The van der Waals surface area contributed by atoms with E-state index in [1.54, 1.807) is 0 Å². The van der Waals surface area contributed by atoms with Crippen molar-refractivity contribution in [3.8, 4) is 5.75 Å². The summed E-state index contributed by atoms with van der Waals surface area (Å²) in [5, 5.41) is 10.3. The van der Waals surface area contributed by atoms with Gasteiger partial charge in [-0.15, -0.1) is 0 Å². The van der Waals surface area contributed by atoms with Gasteiger partial charge in [-0.3, -0.25) is 0 Å². The molecule has 0 aliphatic rings. The van der Waals surface area contributed by atoms with Gasteiger partial charge in [0.15, 0.2) is 0 Å². The van der Waals surface area contributed by atoms with Crippen molar-refractivity contribution in [2.24, 2.45) is 0 Å². The minimum absolute atomic E-state index is 0.557. The third-order valence-electron chi connectivity index (χ3n) is 2.88. The summed E-state index contributed by atoms with van der Waals surface area (Å²) >= 11 is 3.46. The maximum Gasteiger partial charge on any atom is 0.138 e. The molecule has 0 bridgehead atoms. The molecule has 4 heteroatoms. The van der Waals surface area contributed by atoms with Crippen molar-refractivity contribution in [3.05, 3.63) is 51.9 Å². The molecule has 1 aromatic carbocycles. The Balaban J connectivity index is 2.25. The van der Waals surface area contributed by atoms with Crippen LogP contribution in [0.15, 0.2) is 39.2 Å². The number of aliphatic hydroxyl groups excluding tert-OH is 1. The van der Waals surface area contributed by atoms with E-state index in [1.807, 2.05) is 44.2 Å². The average molecular weight is 325 g/mol. The standard InChI is InChI=1S/C15H17BrO3/c1-3-10-6-8-14(19-10)15(17)12-7-5-11(18-4-2)9-13(12)16/h5-9,15,17H,3-4H2,1-2H3.